The lowest BCUT2D eigenvalue weighted by molar-refractivity contribution is 0.100. The number of carbonyl (C=O) groups is 1. The van der Waals surface area contributed by atoms with Crippen molar-refractivity contribution in [2.45, 2.75) is 5.88 Å². The van der Waals surface area contributed by atoms with Crippen LogP contribution in [-0.4, -0.2) is 5.91 Å². The topological polar surface area (TPSA) is 43.1 Å². The van der Waals surface area contributed by atoms with Gasteiger partial charge in [-0.1, -0.05) is 60.7 Å². The van der Waals surface area contributed by atoms with Crippen molar-refractivity contribution in [3.8, 4) is 22.3 Å². The molecule has 2 N–H and O–H groups in total. The van der Waals surface area contributed by atoms with Crippen molar-refractivity contribution < 1.29 is 4.79 Å². The molecule has 3 rings (SSSR count). The fourth-order valence-electron chi connectivity index (χ4n) is 2.70. The van der Waals surface area contributed by atoms with Crippen molar-refractivity contribution in [2.24, 2.45) is 5.73 Å². The molecule has 0 radical (unpaired) electrons. The highest BCUT2D eigenvalue weighted by molar-refractivity contribution is 6.17. The van der Waals surface area contributed by atoms with Gasteiger partial charge in [-0.2, -0.15) is 0 Å². The third kappa shape index (κ3) is 3.13. The first-order valence-corrected chi connectivity index (χ1v) is 7.87. The van der Waals surface area contributed by atoms with Gasteiger partial charge in [-0.15, -0.1) is 11.6 Å². The molecule has 1 amide bonds. The number of halogens is 1. The van der Waals surface area contributed by atoms with Crippen LogP contribution in [-0.2, 0) is 5.88 Å². The van der Waals surface area contributed by atoms with E-state index in [9.17, 15) is 4.79 Å². The molecular weight excluding hydrogens is 306 g/mol. The summed E-state index contributed by atoms with van der Waals surface area (Å²) in [6.45, 7) is 0. The van der Waals surface area contributed by atoms with Crippen LogP contribution in [0.3, 0.4) is 0 Å². The van der Waals surface area contributed by atoms with E-state index in [1.54, 1.807) is 6.07 Å². The predicted octanol–water partition coefficient (Wildman–Crippen LogP) is 4.86. The Morgan fingerprint density at radius 3 is 2.13 bits per heavy atom. The molecule has 0 atom stereocenters. The van der Waals surface area contributed by atoms with Crippen LogP contribution in [0, 0.1) is 0 Å². The molecule has 0 saturated heterocycles. The fourth-order valence-corrected chi connectivity index (χ4v) is 2.87. The third-order valence-corrected chi connectivity index (χ3v) is 4.11. The maximum absolute atomic E-state index is 11.8. The number of primary amides is 1. The third-order valence-electron chi connectivity index (χ3n) is 3.81. The van der Waals surface area contributed by atoms with E-state index in [1.165, 1.54) is 0 Å². The van der Waals surface area contributed by atoms with Gasteiger partial charge in [-0.3, -0.25) is 4.79 Å². The van der Waals surface area contributed by atoms with Gasteiger partial charge in [-0.25, -0.2) is 0 Å². The van der Waals surface area contributed by atoms with Crippen LogP contribution in [0.1, 0.15) is 15.9 Å². The molecule has 2 nitrogen and oxygen atoms in total. The van der Waals surface area contributed by atoms with Gasteiger partial charge in [0.15, 0.2) is 0 Å². The minimum absolute atomic E-state index is 0.388. The molecule has 0 aliphatic heterocycles. The summed E-state index contributed by atoms with van der Waals surface area (Å²) >= 11 is 5.96. The Morgan fingerprint density at radius 2 is 1.48 bits per heavy atom. The normalized spacial score (nSPS) is 10.5. The highest BCUT2D eigenvalue weighted by Crippen LogP contribution is 2.34. The summed E-state index contributed by atoms with van der Waals surface area (Å²) in [7, 11) is 0. The van der Waals surface area contributed by atoms with Crippen LogP contribution in [0.4, 0.5) is 0 Å². The van der Waals surface area contributed by atoms with E-state index in [0.717, 1.165) is 27.8 Å². The molecule has 23 heavy (non-hydrogen) atoms. The van der Waals surface area contributed by atoms with E-state index in [0.29, 0.717) is 11.4 Å². The van der Waals surface area contributed by atoms with E-state index >= 15 is 0 Å². The lowest BCUT2D eigenvalue weighted by Crippen LogP contribution is -2.12. The molecule has 0 bridgehead atoms. The molecule has 0 heterocycles. The summed E-state index contributed by atoms with van der Waals surface area (Å²) in [6.07, 6.45) is 0. The average Bonchev–Trinajstić information content (AvgIpc) is 2.62. The van der Waals surface area contributed by atoms with Gasteiger partial charge in [0.2, 0.25) is 5.91 Å². The number of benzene rings is 3. The molecule has 0 aliphatic carbocycles. The maximum atomic E-state index is 11.8. The Hall–Kier alpha value is -2.58. The minimum atomic E-state index is -0.441. The molecule has 3 heteroatoms. The van der Waals surface area contributed by atoms with E-state index in [-0.39, 0.29) is 0 Å². The van der Waals surface area contributed by atoms with Gasteiger partial charge in [0.25, 0.3) is 0 Å². The molecule has 0 aromatic heterocycles. The molecule has 3 aromatic rings. The maximum Gasteiger partial charge on any atom is 0.249 e. The van der Waals surface area contributed by atoms with E-state index in [1.807, 2.05) is 66.7 Å². The van der Waals surface area contributed by atoms with Crippen LogP contribution in [0.25, 0.3) is 22.3 Å². The lowest BCUT2D eigenvalue weighted by Gasteiger charge is -2.14. The van der Waals surface area contributed by atoms with Gasteiger partial charge >= 0.3 is 0 Å². The molecule has 3 aromatic carbocycles. The quantitative estimate of drug-likeness (QED) is 0.685. The van der Waals surface area contributed by atoms with Crippen LogP contribution in [0.5, 0.6) is 0 Å². The van der Waals surface area contributed by atoms with Gasteiger partial charge in [0.1, 0.15) is 0 Å². The number of rotatable bonds is 4. The summed E-state index contributed by atoms with van der Waals surface area (Å²) in [6, 6.07) is 23.6. The highest BCUT2D eigenvalue weighted by atomic mass is 35.5. The van der Waals surface area contributed by atoms with Crippen LogP contribution >= 0.6 is 11.6 Å². The smallest absolute Gasteiger partial charge is 0.249 e. The van der Waals surface area contributed by atoms with Crippen LogP contribution in [0.15, 0.2) is 72.8 Å². The van der Waals surface area contributed by atoms with Crippen molar-refractivity contribution in [1.82, 2.24) is 0 Å². The van der Waals surface area contributed by atoms with Crippen molar-refractivity contribution in [1.29, 1.82) is 0 Å². The molecule has 0 aliphatic rings. The largest absolute Gasteiger partial charge is 0.366 e. The Labute approximate surface area is 140 Å². The Bertz CT molecular complexity index is 843. The van der Waals surface area contributed by atoms with Crippen molar-refractivity contribution in [2.75, 3.05) is 0 Å². The second-order valence-electron chi connectivity index (χ2n) is 5.29. The number of carbonyl (C=O) groups excluding carboxylic acids is 1. The molecule has 0 spiro atoms. The fraction of sp³-hybridized carbons (Fsp3) is 0.0500. The van der Waals surface area contributed by atoms with E-state index in [2.05, 4.69) is 0 Å². The second-order valence-corrected chi connectivity index (χ2v) is 5.56. The van der Waals surface area contributed by atoms with Crippen molar-refractivity contribution in [3.63, 3.8) is 0 Å². The second kappa shape index (κ2) is 6.67. The van der Waals surface area contributed by atoms with Crippen LogP contribution in [0.2, 0.25) is 0 Å². The number of hydrogen-bond acceptors (Lipinski definition) is 1. The molecule has 0 fully saturated rings. The Kier molecular flexibility index (Phi) is 4.45. The number of amides is 1. The summed E-state index contributed by atoms with van der Waals surface area (Å²) in [5.74, 6) is -0.0523. The highest BCUT2D eigenvalue weighted by Gasteiger charge is 2.14. The molecular formula is C20H16ClNO. The van der Waals surface area contributed by atoms with Gasteiger partial charge < -0.3 is 5.73 Å². The number of nitrogens with two attached hydrogens (primary N) is 1. The summed E-state index contributed by atoms with van der Waals surface area (Å²) < 4.78 is 0. The number of hydrogen-bond donors (Lipinski definition) is 1. The summed E-state index contributed by atoms with van der Waals surface area (Å²) in [5.41, 5.74) is 11.0. The first-order chi connectivity index (χ1) is 11.2. The van der Waals surface area contributed by atoms with E-state index in [4.69, 9.17) is 17.3 Å². The monoisotopic (exact) mass is 321 g/mol. The zero-order valence-electron chi connectivity index (χ0n) is 12.5. The van der Waals surface area contributed by atoms with Gasteiger partial charge in [0, 0.05) is 11.4 Å². The molecule has 0 unspecified atom stereocenters. The molecule has 0 saturated carbocycles. The predicted molar refractivity (Wildman–Crippen MR) is 95.4 cm³/mol. The average molecular weight is 322 g/mol. The summed E-state index contributed by atoms with van der Waals surface area (Å²) in [5, 5.41) is 0. The summed E-state index contributed by atoms with van der Waals surface area (Å²) in [4.78, 5) is 11.8. The SMILES string of the molecule is NC(=O)c1ccc(CCl)cc1-c1ccccc1-c1ccccc1. The van der Waals surface area contributed by atoms with Gasteiger partial charge in [-0.05, 0) is 39.9 Å². The zero-order valence-corrected chi connectivity index (χ0v) is 13.3. The zero-order chi connectivity index (χ0) is 16.2. The first kappa shape index (κ1) is 15.3. The Balaban J connectivity index is 2.26. The Morgan fingerprint density at radius 1 is 0.826 bits per heavy atom. The molecule has 114 valence electrons. The van der Waals surface area contributed by atoms with Crippen molar-refractivity contribution in [3.05, 3.63) is 83.9 Å². The lowest BCUT2D eigenvalue weighted by atomic mass is 9.90. The standard InChI is InChI=1S/C20H16ClNO/c21-13-14-10-11-18(20(22)23)19(12-14)17-9-5-4-8-16(17)15-6-2-1-3-7-15/h1-12H,13H2,(H2,22,23). The minimum Gasteiger partial charge on any atom is -0.366 e. The first-order valence-electron chi connectivity index (χ1n) is 7.34. The van der Waals surface area contributed by atoms with E-state index < -0.39 is 5.91 Å². The van der Waals surface area contributed by atoms with Crippen LogP contribution < -0.4 is 5.73 Å². The van der Waals surface area contributed by atoms with Crippen molar-refractivity contribution >= 4 is 17.5 Å². The van der Waals surface area contributed by atoms with Gasteiger partial charge in [0.05, 0.1) is 0 Å². The number of alkyl halides is 1.